The Labute approximate surface area is 330 Å². The molecule has 0 saturated heterocycles. The topological polar surface area (TPSA) is 20.2 Å². The lowest BCUT2D eigenvalue weighted by atomic mass is 10.0. The molecule has 1 aromatic heterocycles. The zero-order valence-corrected chi connectivity index (χ0v) is 32.9. The van der Waals surface area contributed by atoms with Gasteiger partial charge in [-0.1, -0.05) is 181 Å². The molecule has 1 N–H and O–H groups in total. The molecule has 0 fully saturated rings. The van der Waals surface area contributed by atoms with Crippen molar-refractivity contribution in [2.24, 2.45) is 0 Å². The Kier molecular flexibility index (Phi) is 13.7. The van der Waals surface area contributed by atoms with Crippen LogP contribution < -0.4 is 10.2 Å². The van der Waals surface area contributed by atoms with Crippen LogP contribution in [0.25, 0.3) is 32.9 Å². The van der Waals surface area contributed by atoms with E-state index in [4.69, 9.17) is 0 Å². The van der Waals surface area contributed by atoms with E-state index in [2.05, 4.69) is 173 Å². The Morgan fingerprint density at radius 2 is 0.873 bits per heavy atom. The highest BCUT2D eigenvalue weighted by Crippen LogP contribution is 2.40. The van der Waals surface area contributed by atoms with E-state index in [9.17, 15) is 0 Å². The molecule has 1 heterocycles. The van der Waals surface area contributed by atoms with Crippen molar-refractivity contribution in [3.8, 4) is 11.1 Å². The van der Waals surface area contributed by atoms with Gasteiger partial charge in [-0.05, 0) is 78.2 Å². The monoisotopic (exact) mass is 725 g/mol. The third-order valence-electron chi connectivity index (χ3n) is 11.2. The highest BCUT2D eigenvalue weighted by atomic mass is 15.1. The normalized spacial score (nSPS) is 11.4. The molecule has 0 atom stereocenters. The van der Waals surface area contributed by atoms with Gasteiger partial charge in [0, 0.05) is 45.8 Å². The van der Waals surface area contributed by atoms with Gasteiger partial charge in [0.25, 0.3) is 0 Å². The molecule has 7 rings (SSSR count). The van der Waals surface area contributed by atoms with Crippen molar-refractivity contribution in [3.63, 3.8) is 0 Å². The molecule has 282 valence electrons. The molecule has 0 radical (unpaired) electrons. The summed E-state index contributed by atoms with van der Waals surface area (Å²) in [6.45, 7) is 3.31. The number of anilines is 5. The molecule has 0 amide bonds. The van der Waals surface area contributed by atoms with E-state index in [0.29, 0.717) is 0 Å². The van der Waals surface area contributed by atoms with E-state index in [0.717, 1.165) is 29.3 Å². The Balaban J connectivity index is 1.11. The summed E-state index contributed by atoms with van der Waals surface area (Å²) in [5.41, 5.74) is 10.7. The lowest BCUT2D eigenvalue weighted by molar-refractivity contribution is 0.528. The van der Waals surface area contributed by atoms with Gasteiger partial charge in [0.15, 0.2) is 0 Å². The predicted molar refractivity (Wildman–Crippen MR) is 240 cm³/mol. The number of benzene rings is 6. The van der Waals surface area contributed by atoms with Crippen LogP contribution in [-0.4, -0.2) is 4.57 Å². The van der Waals surface area contributed by atoms with Crippen LogP contribution in [0.1, 0.15) is 96.8 Å². The van der Waals surface area contributed by atoms with Gasteiger partial charge in [-0.25, -0.2) is 0 Å². The van der Waals surface area contributed by atoms with Gasteiger partial charge in [-0.15, -0.1) is 0 Å². The lowest BCUT2D eigenvalue weighted by Crippen LogP contribution is -2.10. The second-order valence-electron chi connectivity index (χ2n) is 15.3. The summed E-state index contributed by atoms with van der Waals surface area (Å²) in [6, 6.07) is 54.8. The first-order valence-corrected chi connectivity index (χ1v) is 21.2. The van der Waals surface area contributed by atoms with Crippen LogP contribution in [0.15, 0.2) is 152 Å². The van der Waals surface area contributed by atoms with E-state index < -0.39 is 0 Å². The van der Waals surface area contributed by atoms with Crippen LogP contribution in [0.4, 0.5) is 28.4 Å². The maximum atomic E-state index is 3.65. The molecule has 3 heteroatoms. The Bertz CT molecular complexity index is 2170. The van der Waals surface area contributed by atoms with Crippen LogP contribution in [0, 0.1) is 0 Å². The minimum atomic E-state index is 1.01. The highest BCUT2D eigenvalue weighted by molar-refractivity contribution is 6.10. The number of hydrogen-bond donors (Lipinski definition) is 1. The van der Waals surface area contributed by atoms with E-state index in [1.54, 1.807) is 0 Å². The average molecular weight is 726 g/mol. The van der Waals surface area contributed by atoms with Gasteiger partial charge in [0.1, 0.15) is 0 Å². The Morgan fingerprint density at radius 3 is 1.49 bits per heavy atom. The number of aryl methyl sites for hydroxylation is 1. The van der Waals surface area contributed by atoms with Gasteiger partial charge in [-0.3, -0.25) is 0 Å². The SMILES string of the molecule is CCCCCCCCCCCCCCCCn1c2cc(Nc3ccccc3)ccc2c2ccc(N(c3ccccc3)c3ccc(-c4ccccc4)cc3)cc21. The first-order valence-electron chi connectivity index (χ1n) is 21.2. The standard InChI is InChI=1S/C52H59N3/c1-2-3-4-5-6-7-8-9-10-11-12-13-14-24-39-54-51-40-45(53-44-27-20-16-21-28-44)33-37-49(51)50-38-36-48(41-52(50)54)55(46-29-22-17-23-30-46)47-34-31-43(32-35-47)42-25-18-15-19-26-42/h15-23,25-38,40-41,53H,2-14,24,39H2,1H3. The predicted octanol–water partition coefficient (Wildman–Crippen LogP) is 16.2. The summed E-state index contributed by atoms with van der Waals surface area (Å²) in [6.07, 6.45) is 19.2. The summed E-state index contributed by atoms with van der Waals surface area (Å²) >= 11 is 0. The average Bonchev–Trinajstić information content (AvgIpc) is 3.54. The maximum absolute atomic E-state index is 3.65. The zero-order chi connectivity index (χ0) is 37.5. The molecule has 0 spiro atoms. The van der Waals surface area contributed by atoms with Gasteiger partial charge >= 0.3 is 0 Å². The van der Waals surface area contributed by atoms with Crippen LogP contribution in [-0.2, 0) is 6.54 Å². The number of hydrogen-bond acceptors (Lipinski definition) is 2. The van der Waals surface area contributed by atoms with Crippen LogP contribution >= 0.6 is 0 Å². The first-order chi connectivity index (χ1) is 27.3. The molecule has 0 bridgehead atoms. The van der Waals surface area contributed by atoms with Crippen molar-refractivity contribution < 1.29 is 0 Å². The van der Waals surface area contributed by atoms with Crippen LogP contribution in [0.3, 0.4) is 0 Å². The highest BCUT2D eigenvalue weighted by Gasteiger charge is 2.17. The Morgan fingerprint density at radius 1 is 0.400 bits per heavy atom. The minimum Gasteiger partial charge on any atom is -0.355 e. The molecular formula is C52H59N3. The number of nitrogens with zero attached hydrogens (tertiary/aromatic N) is 2. The van der Waals surface area contributed by atoms with Crippen molar-refractivity contribution in [2.75, 3.05) is 10.2 Å². The molecule has 0 unspecified atom stereocenters. The Hall–Kier alpha value is -5.28. The summed E-state index contributed by atoms with van der Waals surface area (Å²) < 4.78 is 2.59. The van der Waals surface area contributed by atoms with Crippen LogP contribution in [0.2, 0.25) is 0 Å². The molecule has 6 aromatic carbocycles. The molecule has 7 aromatic rings. The fourth-order valence-electron chi connectivity index (χ4n) is 8.15. The quantitative estimate of drug-likeness (QED) is 0.0745. The largest absolute Gasteiger partial charge is 0.355 e. The second kappa shape index (κ2) is 19.9. The third-order valence-corrected chi connectivity index (χ3v) is 11.2. The number of nitrogens with one attached hydrogen (secondary N) is 1. The van der Waals surface area contributed by atoms with Gasteiger partial charge in [0.2, 0.25) is 0 Å². The third kappa shape index (κ3) is 10.1. The molecule has 55 heavy (non-hydrogen) atoms. The number of rotatable bonds is 21. The van der Waals surface area contributed by atoms with E-state index in [1.807, 2.05) is 0 Å². The van der Waals surface area contributed by atoms with Crippen molar-refractivity contribution in [1.82, 2.24) is 4.57 Å². The molecular weight excluding hydrogens is 667 g/mol. The maximum Gasteiger partial charge on any atom is 0.0512 e. The fraction of sp³-hybridized carbons (Fsp3) is 0.308. The number of unbranched alkanes of at least 4 members (excludes halogenated alkanes) is 13. The van der Waals surface area contributed by atoms with Gasteiger partial charge in [0.05, 0.1) is 11.0 Å². The summed E-state index contributed by atoms with van der Waals surface area (Å²) in [5, 5.41) is 6.27. The van der Waals surface area contributed by atoms with Crippen molar-refractivity contribution >= 4 is 50.2 Å². The second-order valence-corrected chi connectivity index (χ2v) is 15.3. The molecule has 0 aliphatic heterocycles. The fourth-order valence-corrected chi connectivity index (χ4v) is 8.15. The minimum absolute atomic E-state index is 1.01. The van der Waals surface area contributed by atoms with Crippen molar-refractivity contribution in [3.05, 3.63) is 152 Å². The summed E-state index contributed by atoms with van der Waals surface area (Å²) in [5.74, 6) is 0. The van der Waals surface area contributed by atoms with E-state index in [1.165, 1.54) is 129 Å². The molecule has 0 saturated carbocycles. The van der Waals surface area contributed by atoms with E-state index in [-0.39, 0.29) is 0 Å². The van der Waals surface area contributed by atoms with Crippen LogP contribution in [0.5, 0.6) is 0 Å². The first kappa shape index (κ1) is 38.0. The molecule has 0 aliphatic carbocycles. The lowest BCUT2D eigenvalue weighted by Gasteiger charge is -2.26. The summed E-state index contributed by atoms with van der Waals surface area (Å²) in [4.78, 5) is 2.39. The number of fused-ring (bicyclic) bond motifs is 3. The molecule has 0 aliphatic rings. The molecule has 3 nitrogen and oxygen atoms in total. The smallest absolute Gasteiger partial charge is 0.0512 e. The van der Waals surface area contributed by atoms with E-state index >= 15 is 0 Å². The number of para-hydroxylation sites is 2. The van der Waals surface area contributed by atoms with Gasteiger partial charge in [-0.2, -0.15) is 0 Å². The summed E-state index contributed by atoms with van der Waals surface area (Å²) in [7, 11) is 0. The van der Waals surface area contributed by atoms with Gasteiger partial charge < -0.3 is 14.8 Å². The van der Waals surface area contributed by atoms with Crippen molar-refractivity contribution in [1.29, 1.82) is 0 Å². The zero-order valence-electron chi connectivity index (χ0n) is 32.9. The number of aromatic nitrogens is 1. The van der Waals surface area contributed by atoms with Crippen molar-refractivity contribution in [2.45, 2.75) is 103 Å².